The van der Waals surface area contributed by atoms with E-state index in [1.54, 1.807) is 12.4 Å². The van der Waals surface area contributed by atoms with Gasteiger partial charge < -0.3 is 10.1 Å². The van der Waals surface area contributed by atoms with Crippen molar-refractivity contribution in [2.24, 2.45) is 5.92 Å². The summed E-state index contributed by atoms with van der Waals surface area (Å²) in [5.41, 5.74) is 0.879. The lowest BCUT2D eigenvalue weighted by atomic mass is 10.1. The SMILES string of the molecule is C.O=C(Nc1sc(-c2cccnc2)nc1Cl)C1CCOC1. The lowest BCUT2D eigenvalue weighted by Gasteiger charge is -2.06. The standard InChI is InChI=1S/C13H12ClN3O2S.CH4/c14-10-13(17-11(18)9-3-5-19-7-9)20-12(16-10)8-2-1-4-15-6-8;/h1-2,4,6,9H,3,5,7H2,(H,17,18);1H4. The molecular formula is C14H16ClN3O2S. The fourth-order valence-electron chi connectivity index (χ4n) is 1.95. The number of rotatable bonds is 3. The summed E-state index contributed by atoms with van der Waals surface area (Å²) in [4.78, 5) is 20.3. The summed E-state index contributed by atoms with van der Waals surface area (Å²) in [7, 11) is 0. The zero-order chi connectivity index (χ0) is 13.9. The van der Waals surface area contributed by atoms with Crippen LogP contribution < -0.4 is 5.32 Å². The van der Waals surface area contributed by atoms with E-state index in [2.05, 4.69) is 15.3 Å². The Morgan fingerprint density at radius 2 is 2.38 bits per heavy atom. The normalized spacial score (nSPS) is 17.3. The van der Waals surface area contributed by atoms with E-state index in [-0.39, 0.29) is 19.3 Å². The number of carbonyl (C=O) groups is 1. The molecular weight excluding hydrogens is 310 g/mol. The highest BCUT2D eigenvalue weighted by Gasteiger charge is 2.25. The number of amides is 1. The van der Waals surface area contributed by atoms with E-state index in [1.165, 1.54) is 11.3 Å². The minimum absolute atomic E-state index is 0. The van der Waals surface area contributed by atoms with Gasteiger partial charge in [0.05, 0.1) is 12.5 Å². The molecule has 3 rings (SSSR count). The predicted octanol–water partition coefficient (Wildman–Crippen LogP) is 3.47. The van der Waals surface area contributed by atoms with Gasteiger partial charge in [0.1, 0.15) is 10.0 Å². The van der Waals surface area contributed by atoms with Crippen molar-refractivity contribution in [2.45, 2.75) is 13.8 Å². The van der Waals surface area contributed by atoms with E-state index in [0.717, 1.165) is 17.0 Å². The quantitative estimate of drug-likeness (QED) is 0.938. The third-order valence-electron chi connectivity index (χ3n) is 3.03. The maximum absolute atomic E-state index is 12.0. The number of hydrogen-bond donors (Lipinski definition) is 1. The fraction of sp³-hybridized carbons (Fsp3) is 0.357. The molecule has 1 unspecified atom stereocenters. The van der Waals surface area contributed by atoms with Gasteiger partial charge in [-0.25, -0.2) is 4.98 Å². The van der Waals surface area contributed by atoms with Gasteiger partial charge in [0.25, 0.3) is 0 Å². The number of pyridine rings is 1. The van der Waals surface area contributed by atoms with Gasteiger partial charge in [-0.15, -0.1) is 0 Å². The molecule has 0 aromatic carbocycles. The van der Waals surface area contributed by atoms with Crippen LogP contribution in [0.3, 0.4) is 0 Å². The Hall–Kier alpha value is -1.50. The number of ether oxygens (including phenoxy) is 1. The van der Waals surface area contributed by atoms with Crippen molar-refractivity contribution in [1.29, 1.82) is 0 Å². The highest BCUT2D eigenvalue weighted by Crippen LogP contribution is 2.35. The van der Waals surface area contributed by atoms with Gasteiger partial charge in [0.15, 0.2) is 5.15 Å². The topological polar surface area (TPSA) is 64.1 Å². The highest BCUT2D eigenvalue weighted by molar-refractivity contribution is 7.19. The minimum Gasteiger partial charge on any atom is -0.381 e. The molecule has 1 fully saturated rings. The first-order chi connectivity index (χ1) is 9.74. The summed E-state index contributed by atoms with van der Waals surface area (Å²) in [6, 6.07) is 3.73. The maximum Gasteiger partial charge on any atom is 0.230 e. The summed E-state index contributed by atoms with van der Waals surface area (Å²) in [6.07, 6.45) is 4.16. The molecule has 0 aliphatic carbocycles. The van der Waals surface area contributed by atoms with Crippen LogP contribution in [0.4, 0.5) is 5.00 Å². The minimum atomic E-state index is -0.102. The Kier molecular flexibility index (Phi) is 5.27. The zero-order valence-corrected chi connectivity index (χ0v) is 12.1. The molecule has 1 aliphatic rings. The van der Waals surface area contributed by atoms with Gasteiger partial charge in [-0.1, -0.05) is 30.4 Å². The molecule has 112 valence electrons. The van der Waals surface area contributed by atoms with Crippen LogP contribution in [0.1, 0.15) is 13.8 Å². The summed E-state index contributed by atoms with van der Waals surface area (Å²) in [5, 5.41) is 4.44. The monoisotopic (exact) mass is 325 g/mol. The number of anilines is 1. The smallest absolute Gasteiger partial charge is 0.230 e. The molecule has 7 heteroatoms. The van der Waals surface area contributed by atoms with Crippen LogP contribution >= 0.6 is 22.9 Å². The number of thiazole rings is 1. The Balaban J connectivity index is 0.00000161. The van der Waals surface area contributed by atoms with Crippen molar-refractivity contribution >= 4 is 33.8 Å². The van der Waals surface area contributed by atoms with E-state index >= 15 is 0 Å². The third-order valence-corrected chi connectivity index (χ3v) is 4.44. The Morgan fingerprint density at radius 1 is 1.52 bits per heavy atom. The maximum atomic E-state index is 12.0. The van der Waals surface area contributed by atoms with Crippen LogP contribution in [0.5, 0.6) is 0 Å². The highest BCUT2D eigenvalue weighted by atomic mass is 35.5. The van der Waals surface area contributed by atoms with Crippen LogP contribution in [-0.2, 0) is 9.53 Å². The first-order valence-electron chi connectivity index (χ1n) is 6.19. The molecule has 1 saturated heterocycles. The second-order valence-corrected chi connectivity index (χ2v) is 5.79. The first kappa shape index (κ1) is 15.9. The summed E-state index contributed by atoms with van der Waals surface area (Å²) < 4.78 is 5.21. The molecule has 3 heterocycles. The molecule has 0 spiro atoms. The summed E-state index contributed by atoms with van der Waals surface area (Å²) in [5.74, 6) is -0.166. The average Bonchev–Trinajstić information content (AvgIpc) is 3.10. The van der Waals surface area contributed by atoms with Crippen LogP contribution in [0.2, 0.25) is 5.15 Å². The average molecular weight is 326 g/mol. The third kappa shape index (κ3) is 3.58. The van der Waals surface area contributed by atoms with Gasteiger partial charge in [-0.2, -0.15) is 0 Å². The van der Waals surface area contributed by atoms with E-state index in [1.807, 2.05) is 12.1 Å². The van der Waals surface area contributed by atoms with Crippen LogP contribution in [-0.4, -0.2) is 29.1 Å². The van der Waals surface area contributed by atoms with Crippen molar-refractivity contribution in [3.8, 4) is 10.6 Å². The van der Waals surface area contributed by atoms with Crippen LogP contribution in [0.25, 0.3) is 10.6 Å². The van der Waals surface area contributed by atoms with Crippen molar-refractivity contribution < 1.29 is 9.53 Å². The molecule has 2 aromatic rings. The second kappa shape index (κ2) is 6.98. The predicted molar refractivity (Wildman–Crippen MR) is 84.6 cm³/mol. The van der Waals surface area contributed by atoms with E-state index < -0.39 is 0 Å². The largest absolute Gasteiger partial charge is 0.381 e. The molecule has 5 nitrogen and oxygen atoms in total. The first-order valence-corrected chi connectivity index (χ1v) is 7.39. The van der Waals surface area contributed by atoms with E-state index in [0.29, 0.717) is 23.4 Å². The molecule has 0 saturated carbocycles. The number of carbonyl (C=O) groups excluding carboxylic acids is 1. The summed E-state index contributed by atoms with van der Waals surface area (Å²) >= 11 is 7.42. The van der Waals surface area contributed by atoms with E-state index in [4.69, 9.17) is 16.3 Å². The van der Waals surface area contributed by atoms with Crippen molar-refractivity contribution in [1.82, 2.24) is 9.97 Å². The lowest BCUT2D eigenvalue weighted by molar-refractivity contribution is -0.119. The molecule has 1 N–H and O–H groups in total. The molecule has 1 amide bonds. The lowest BCUT2D eigenvalue weighted by Crippen LogP contribution is -2.22. The summed E-state index contributed by atoms with van der Waals surface area (Å²) in [6.45, 7) is 1.10. The number of nitrogens with one attached hydrogen (secondary N) is 1. The number of nitrogens with zero attached hydrogens (tertiary/aromatic N) is 2. The van der Waals surface area contributed by atoms with Crippen molar-refractivity contribution in [3.63, 3.8) is 0 Å². The van der Waals surface area contributed by atoms with Crippen LogP contribution in [0.15, 0.2) is 24.5 Å². The molecule has 1 aliphatic heterocycles. The Labute approximate surface area is 132 Å². The second-order valence-electron chi connectivity index (χ2n) is 4.43. The number of halogens is 1. The number of hydrogen-bond acceptors (Lipinski definition) is 5. The van der Waals surface area contributed by atoms with Gasteiger partial charge in [0, 0.05) is 24.6 Å². The van der Waals surface area contributed by atoms with Gasteiger partial charge >= 0.3 is 0 Å². The van der Waals surface area contributed by atoms with Crippen LogP contribution in [0, 0.1) is 5.92 Å². The van der Waals surface area contributed by atoms with Gasteiger partial charge in [0.2, 0.25) is 5.91 Å². The molecule has 2 aromatic heterocycles. The molecule has 1 atom stereocenters. The zero-order valence-electron chi connectivity index (χ0n) is 10.5. The molecule has 0 radical (unpaired) electrons. The van der Waals surface area contributed by atoms with Gasteiger partial charge in [-0.05, 0) is 18.6 Å². The molecule has 21 heavy (non-hydrogen) atoms. The number of aromatic nitrogens is 2. The molecule has 0 bridgehead atoms. The Bertz CT molecular complexity index is 612. The fourth-order valence-corrected chi connectivity index (χ4v) is 3.09. The van der Waals surface area contributed by atoms with E-state index in [9.17, 15) is 4.79 Å². The van der Waals surface area contributed by atoms with Crippen molar-refractivity contribution in [2.75, 3.05) is 18.5 Å². The Morgan fingerprint density at radius 3 is 3.05 bits per heavy atom. The van der Waals surface area contributed by atoms with Crippen molar-refractivity contribution in [3.05, 3.63) is 29.7 Å². The van der Waals surface area contributed by atoms with Gasteiger partial charge in [-0.3, -0.25) is 9.78 Å².